The van der Waals surface area contributed by atoms with Crippen LogP contribution in [-0.4, -0.2) is 37.3 Å². The van der Waals surface area contributed by atoms with Crippen molar-refractivity contribution in [3.05, 3.63) is 16.8 Å². The predicted molar refractivity (Wildman–Crippen MR) is 62.5 cm³/mol. The first-order valence-electron chi connectivity index (χ1n) is 5.17. The molecule has 0 saturated carbocycles. The third-order valence-electron chi connectivity index (χ3n) is 2.53. The van der Waals surface area contributed by atoms with Gasteiger partial charge in [0.05, 0.1) is 12.2 Å². The van der Waals surface area contributed by atoms with E-state index in [0.717, 1.165) is 11.3 Å². The zero-order chi connectivity index (χ0) is 12.8. The summed E-state index contributed by atoms with van der Waals surface area (Å²) in [6.07, 6.45) is -0.384. The lowest BCUT2D eigenvalue weighted by Crippen LogP contribution is -2.24. The van der Waals surface area contributed by atoms with Crippen molar-refractivity contribution in [2.75, 3.05) is 26.1 Å². The monoisotopic (exact) mass is 236 g/mol. The Hall–Kier alpha value is -1.71. The molecule has 1 N–H and O–H groups in total. The first kappa shape index (κ1) is 13.4. The van der Waals surface area contributed by atoms with Crippen molar-refractivity contribution in [2.45, 2.75) is 20.1 Å². The van der Waals surface area contributed by atoms with Gasteiger partial charge in [0.15, 0.2) is 12.1 Å². The van der Waals surface area contributed by atoms with E-state index in [0.29, 0.717) is 17.9 Å². The molecule has 0 saturated heterocycles. The fourth-order valence-electron chi connectivity index (χ4n) is 1.31. The Kier molecular flexibility index (Phi) is 4.82. The van der Waals surface area contributed by atoms with Gasteiger partial charge in [-0.3, -0.25) is 0 Å². The van der Waals surface area contributed by atoms with Crippen LogP contribution in [0, 0.1) is 25.2 Å². The van der Waals surface area contributed by atoms with Crippen LogP contribution in [0.25, 0.3) is 0 Å². The van der Waals surface area contributed by atoms with Crippen molar-refractivity contribution >= 4 is 5.82 Å². The molecular formula is C11H16N4O2. The van der Waals surface area contributed by atoms with E-state index < -0.39 is 0 Å². The summed E-state index contributed by atoms with van der Waals surface area (Å²) in [6.45, 7) is 4.07. The maximum absolute atomic E-state index is 9.08. The van der Waals surface area contributed by atoms with Gasteiger partial charge in [-0.15, -0.1) is 5.10 Å². The number of nitrogens with zero attached hydrogens (tertiary/aromatic N) is 3. The minimum absolute atomic E-state index is 0.384. The maximum Gasteiger partial charge on any atom is 0.173 e. The molecule has 0 radical (unpaired) electrons. The summed E-state index contributed by atoms with van der Waals surface area (Å²) in [5.41, 5.74) is 2.09. The second kappa shape index (κ2) is 6.13. The lowest BCUT2D eigenvalue weighted by Gasteiger charge is -2.15. The average Bonchev–Trinajstić information content (AvgIpc) is 2.35. The fourth-order valence-corrected chi connectivity index (χ4v) is 1.31. The highest BCUT2D eigenvalue weighted by Crippen LogP contribution is 2.16. The number of anilines is 1. The molecule has 1 rings (SSSR count). The Morgan fingerprint density at radius 2 is 1.94 bits per heavy atom. The molecule has 0 aliphatic carbocycles. The van der Waals surface area contributed by atoms with Crippen LogP contribution in [0.3, 0.4) is 0 Å². The normalized spacial score (nSPS) is 10.4. The van der Waals surface area contributed by atoms with Gasteiger partial charge in [-0.25, -0.2) is 0 Å². The summed E-state index contributed by atoms with van der Waals surface area (Å²) in [6, 6.07) is 2.12. The van der Waals surface area contributed by atoms with Crippen LogP contribution in [0.5, 0.6) is 0 Å². The summed E-state index contributed by atoms with van der Waals surface area (Å²) in [4.78, 5) is 0. The van der Waals surface area contributed by atoms with Crippen molar-refractivity contribution in [3.63, 3.8) is 0 Å². The number of aryl methyl sites for hydroxylation is 1. The van der Waals surface area contributed by atoms with Crippen LogP contribution in [-0.2, 0) is 9.47 Å². The Bertz CT molecular complexity index is 424. The topological polar surface area (TPSA) is 80.1 Å². The van der Waals surface area contributed by atoms with Gasteiger partial charge in [0.2, 0.25) is 0 Å². The summed E-state index contributed by atoms with van der Waals surface area (Å²) in [5, 5.41) is 20.0. The first-order chi connectivity index (χ1) is 8.13. The molecule has 17 heavy (non-hydrogen) atoms. The number of aromatic nitrogens is 2. The molecule has 0 aliphatic heterocycles. The lowest BCUT2D eigenvalue weighted by atomic mass is 10.1. The molecule has 1 aromatic rings. The van der Waals surface area contributed by atoms with E-state index in [2.05, 4.69) is 21.6 Å². The van der Waals surface area contributed by atoms with Gasteiger partial charge in [0, 0.05) is 14.2 Å². The molecule has 1 aromatic heterocycles. The molecule has 0 unspecified atom stereocenters. The van der Waals surface area contributed by atoms with Gasteiger partial charge in [0.1, 0.15) is 11.6 Å². The Balaban J connectivity index is 2.85. The minimum Gasteiger partial charge on any atom is -0.362 e. The summed E-state index contributed by atoms with van der Waals surface area (Å²) < 4.78 is 10.1. The van der Waals surface area contributed by atoms with Crippen LogP contribution >= 0.6 is 0 Å². The molecule has 0 atom stereocenters. The van der Waals surface area contributed by atoms with Gasteiger partial charge in [-0.1, -0.05) is 0 Å². The molecule has 6 nitrogen and oxygen atoms in total. The number of methoxy groups -OCH3 is 2. The van der Waals surface area contributed by atoms with Crippen molar-refractivity contribution in [1.29, 1.82) is 5.26 Å². The number of ether oxygens (including phenoxy) is 2. The molecule has 92 valence electrons. The van der Waals surface area contributed by atoms with Crippen molar-refractivity contribution < 1.29 is 9.47 Å². The van der Waals surface area contributed by atoms with Gasteiger partial charge >= 0.3 is 0 Å². The number of hydrogen-bond acceptors (Lipinski definition) is 6. The van der Waals surface area contributed by atoms with E-state index in [9.17, 15) is 0 Å². The Morgan fingerprint density at radius 1 is 1.29 bits per heavy atom. The third-order valence-corrected chi connectivity index (χ3v) is 2.53. The van der Waals surface area contributed by atoms with Crippen LogP contribution < -0.4 is 5.32 Å². The second-order valence-electron chi connectivity index (χ2n) is 3.53. The van der Waals surface area contributed by atoms with Gasteiger partial charge in [0.25, 0.3) is 0 Å². The second-order valence-corrected chi connectivity index (χ2v) is 3.53. The highest BCUT2D eigenvalue weighted by Gasteiger charge is 2.12. The maximum atomic E-state index is 9.08. The number of rotatable bonds is 5. The van der Waals surface area contributed by atoms with Crippen LogP contribution in [0.15, 0.2) is 0 Å². The van der Waals surface area contributed by atoms with E-state index in [1.54, 1.807) is 14.2 Å². The average molecular weight is 236 g/mol. The molecule has 0 aromatic carbocycles. The lowest BCUT2D eigenvalue weighted by molar-refractivity contribution is -0.0914. The van der Waals surface area contributed by atoms with Gasteiger partial charge in [-0.05, 0) is 19.4 Å². The van der Waals surface area contributed by atoms with Crippen molar-refractivity contribution in [1.82, 2.24) is 10.2 Å². The highest BCUT2D eigenvalue weighted by atomic mass is 16.7. The number of nitriles is 1. The molecule has 0 spiro atoms. The summed E-state index contributed by atoms with van der Waals surface area (Å²) in [7, 11) is 3.10. The Morgan fingerprint density at radius 3 is 2.47 bits per heavy atom. The fraction of sp³-hybridized carbons (Fsp3) is 0.545. The minimum atomic E-state index is -0.384. The van der Waals surface area contributed by atoms with Gasteiger partial charge < -0.3 is 14.8 Å². The van der Waals surface area contributed by atoms with E-state index >= 15 is 0 Å². The van der Waals surface area contributed by atoms with Gasteiger partial charge in [-0.2, -0.15) is 10.4 Å². The number of hydrogen-bond donors (Lipinski definition) is 1. The molecule has 0 bridgehead atoms. The molecule has 1 heterocycles. The molecule has 6 heteroatoms. The molecule has 0 fully saturated rings. The predicted octanol–water partition coefficient (Wildman–Crippen LogP) is 0.996. The SMILES string of the molecule is COC(CNc1nnc(C)c(C)c1C#N)OC. The highest BCUT2D eigenvalue weighted by molar-refractivity contribution is 5.55. The van der Waals surface area contributed by atoms with E-state index in [1.807, 2.05) is 13.8 Å². The van der Waals surface area contributed by atoms with Crippen molar-refractivity contribution in [2.24, 2.45) is 0 Å². The van der Waals surface area contributed by atoms with E-state index in [1.165, 1.54) is 0 Å². The first-order valence-corrected chi connectivity index (χ1v) is 5.17. The van der Waals surface area contributed by atoms with E-state index in [-0.39, 0.29) is 6.29 Å². The smallest absolute Gasteiger partial charge is 0.173 e. The van der Waals surface area contributed by atoms with E-state index in [4.69, 9.17) is 14.7 Å². The Labute approximate surface area is 101 Å². The van der Waals surface area contributed by atoms with Crippen LogP contribution in [0.1, 0.15) is 16.8 Å². The third kappa shape index (κ3) is 3.12. The van der Waals surface area contributed by atoms with Crippen LogP contribution in [0.4, 0.5) is 5.82 Å². The summed E-state index contributed by atoms with van der Waals surface area (Å²) >= 11 is 0. The zero-order valence-electron chi connectivity index (χ0n) is 10.4. The zero-order valence-corrected chi connectivity index (χ0v) is 10.4. The van der Waals surface area contributed by atoms with Crippen molar-refractivity contribution in [3.8, 4) is 6.07 Å². The number of nitrogens with one attached hydrogen (secondary N) is 1. The quantitative estimate of drug-likeness (QED) is 0.768. The standard InChI is InChI=1S/C11H16N4O2/c1-7-8(2)14-15-11(9(7)5-12)13-6-10(16-3)17-4/h10H,6H2,1-4H3,(H,13,15). The van der Waals surface area contributed by atoms with Crippen LogP contribution in [0.2, 0.25) is 0 Å². The summed E-state index contributed by atoms with van der Waals surface area (Å²) in [5.74, 6) is 0.453. The largest absolute Gasteiger partial charge is 0.362 e. The molecule has 0 aliphatic rings. The molecular weight excluding hydrogens is 220 g/mol. The molecule has 0 amide bonds.